The molecule has 18 heavy (non-hydrogen) atoms. The van der Waals surface area contributed by atoms with Crippen molar-refractivity contribution in [3.63, 3.8) is 0 Å². The molecular weight excluding hydrogens is 324 g/mol. The quantitative estimate of drug-likeness (QED) is 0.689. The van der Waals surface area contributed by atoms with Crippen molar-refractivity contribution in [3.8, 4) is 0 Å². The maximum atomic E-state index is 11.7. The fraction of sp³-hybridized carbons (Fsp3) is 0. The molecule has 0 atom stereocenters. The van der Waals surface area contributed by atoms with Crippen molar-refractivity contribution >= 4 is 43.3 Å². The first-order chi connectivity index (χ1) is 8.56. The lowest BCUT2D eigenvalue weighted by Crippen LogP contribution is -2.13. The molecule has 0 aliphatic rings. The zero-order valence-corrected chi connectivity index (χ0v) is 11.1. The van der Waals surface area contributed by atoms with Crippen molar-refractivity contribution in [2.24, 2.45) is 0 Å². The normalized spacial score (nSPS) is 10.1. The molecule has 0 aromatic carbocycles. The van der Waals surface area contributed by atoms with Crippen LogP contribution in [-0.4, -0.2) is 20.8 Å². The molecule has 0 aliphatic carbocycles. The summed E-state index contributed by atoms with van der Waals surface area (Å²) in [6, 6.07) is 3.20. The Morgan fingerprint density at radius 3 is 2.72 bits per heavy atom. The summed E-state index contributed by atoms with van der Waals surface area (Å²) >= 11 is 3.99. The highest BCUT2D eigenvalue weighted by molar-refractivity contribution is 9.10. The van der Waals surface area contributed by atoms with Gasteiger partial charge in [0, 0.05) is 10.7 Å². The fourth-order valence-corrected chi connectivity index (χ4v) is 1.94. The van der Waals surface area contributed by atoms with Crippen molar-refractivity contribution in [2.75, 3.05) is 5.32 Å². The lowest BCUT2D eigenvalue weighted by atomic mass is 10.3. The minimum absolute atomic E-state index is 0.130. The number of amides is 1. The topological polar surface area (TPSA) is 98.0 Å². The Kier molecular flexibility index (Phi) is 3.63. The van der Waals surface area contributed by atoms with Crippen molar-refractivity contribution in [2.45, 2.75) is 0 Å². The number of halogens is 1. The van der Waals surface area contributed by atoms with Crippen LogP contribution in [0.4, 0.5) is 10.1 Å². The van der Waals surface area contributed by atoms with E-state index in [2.05, 4.69) is 31.2 Å². The fourth-order valence-electron chi connectivity index (χ4n) is 1.08. The molecule has 1 amide bonds. The molecule has 2 rings (SSSR count). The van der Waals surface area contributed by atoms with Gasteiger partial charge in [0.2, 0.25) is 0 Å². The average Bonchev–Trinajstić information content (AvgIpc) is 2.78. The molecule has 0 fully saturated rings. The molecule has 7 nitrogen and oxygen atoms in total. The van der Waals surface area contributed by atoms with E-state index < -0.39 is 10.8 Å². The average molecular weight is 329 g/mol. The summed E-state index contributed by atoms with van der Waals surface area (Å²) in [5, 5.41) is 12.9. The number of carbonyl (C=O) groups is 1. The molecule has 9 heteroatoms. The van der Waals surface area contributed by atoms with Crippen LogP contribution in [0.3, 0.4) is 0 Å². The maximum absolute atomic E-state index is 11.7. The SMILES string of the molecule is O=C(Nc1ncc([N+](=O)[O-])s1)c1ccc(Br)cn1. The van der Waals surface area contributed by atoms with E-state index in [4.69, 9.17) is 0 Å². The van der Waals surface area contributed by atoms with Crippen molar-refractivity contribution in [3.05, 3.63) is 44.8 Å². The van der Waals surface area contributed by atoms with Crippen LogP contribution in [-0.2, 0) is 0 Å². The Morgan fingerprint density at radius 2 is 2.17 bits per heavy atom. The van der Waals surface area contributed by atoms with Gasteiger partial charge in [-0.3, -0.25) is 20.2 Å². The molecule has 0 saturated heterocycles. The summed E-state index contributed by atoms with van der Waals surface area (Å²) in [6.07, 6.45) is 2.58. The van der Waals surface area contributed by atoms with Crippen LogP contribution < -0.4 is 5.32 Å². The smallest absolute Gasteiger partial charge is 0.296 e. The minimum atomic E-state index is -0.564. The van der Waals surface area contributed by atoms with Gasteiger partial charge in [0.05, 0.1) is 4.92 Å². The molecule has 0 bridgehead atoms. The first-order valence-corrected chi connectivity index (χ1v) is 6.20. The largest absolute Gasteiger partial charge is 0.345 e. The van der Waals surface area contributed by atoms with Gasteiger partial charge in [0.25, 0.3) is 5.91 Å². The third kappa shape index (κ3) is 2.87. The molecule has 0 unspecified atom stereocenters. The van der Waals surface area contributed by atoms with E-state index in [1.165, 1.54) is 12.3 Å². The highest BCUT2D eigenvalue weighted by Crippen LogP contribution is 2.25. The Morgan fingerprint density at radius 1 is 1.39 bits per heavy atom. The number of pyridine rings is 1. The number of nitrogens with zero attached hydrogens (tertiary/aromatic N) is 3. The first kappa shape index (κ1) is 12.6. The number of nitrogens with one attached hydrogen (secondary N) is 1. The summed E-state index contributed by atoms with van der Waals surface area (Å²) < 4.78 is 0.754. The highest BCUT2D eigenvalue weighted by atomic mass is 79.9. The summed E-state index contributed by atoms with van der Waals surface area (Å²) in [5.74, 6) is -0.466. The van der Waals surface area contributed by atoms with Crippen LogP contribution in [0.25, 0.3) is 0 Å². The third-order valence-electron chi connectivity index (χ3n) is 1.85. The zero-order valence-electron chi connectivity index (χ0n) is 8.66. The summed E-state index contributed by atoms with van der Waals surface area (Å²) in [5.41, 5.74) is 0.205. The Labute approximate surface area is 113 Å². The molecule has 0 aliphatic heterocycles. The van der Waals surface area contributed by atoms with E-state index in [1.54, 1.807) is 6.07 Å². The number of rotatable bonds is 3. The van der Waals surface area contributed by atoms with Crippen LogP contribution in [0.5, 0.6) is 0 Å². The second kappa shape index (κ2) is 5.19. The maximum Gasteiger partial charge on any atom is 0.345 e. The molecule has 2 heterocycles. The van der Waals surface area contributed by atoms with Crippen LogP contribution in [0, 0.1) is 10.1 Å². The number of thiazole rings is 1. The Bertz CT molecular complexity index is 598. The van der Waals surface area contributed by atoms with Gasteiger partial charge in [-0.2, -0.15) is 0 Å². The number of carbonyl (C=O) groups excluding carboxylic acids is 1. The number of anilines is 1. The monoisotopic (exact) mass is 328 g/mol. The van der Waals surface area contributed by atoms with E-state index >= 15 is 0 Å². The van der Waals surface area contributed by atoms with Gasteiger partial charge >= 0.3 is 5.00 Å². The highest BCUT2D eigenvalue weighted by Gasteiger charge is 2.14. The lowest BCUT2D eigenvalue weighted by molar-refractivity contribution is -0.380. The van der Waals surface area contributed by atoms with Gasteiger partial charge < -0.3 is 0 Å². The zero-order chi connectivity index (χ0) is 13.1. The predicted octanol–water partition coefficient (Wildman–Crippen LogP) is 2.46. The number of hydrogen-bond donors (Lipinski definition) is 1. The summed E-state index contributed by atoms with van der Waals surface area (Å²) in [6.45, 7) is 0. The molecule has 0 spiro atoms. The predicted molar refractivity (Wildman–Crippen MR) is 68.7 cm³/mol. The third-order valence-corrected chi connectivity index (χ3v) is 3.19. The minimum Gasteiger partial charge on any atom is -0.296 e. The van der Waals surface area contributed by atoms with Crippen LogP contribution in [0.1, 0.15) is 10.5 Å². The van der Waals surface area contributed by atoms with Gasteiger partial charge in [0.15, 0.2) is 5.13 Å². The summed E-state index contributed by atoms with van der Waals surface area (Å²) in [4.78, 5) is 29.2. The van der Waals surface area contributed by atoms with E-state index in [-0.39, 0.29) is 15.8 Å². The second-order valence-corrected chi connectivity index (χ2v) is 5.00. The van der Waals surface area contributed by atoms with Crippen molar-refractivity contribution in [1.29, 1.82) is 0 Å². The van der Waals surface area contributed by atoms with Crippen LogP contribution in [0.15, 0.2) is 29.0 Å². The molecule has 92 valence electrons. The molecule has 2 aromatic heterocycles. The standard InChI is InChI=1S/C9H5BrN4O3S/c10-5-1-2-6(11-3-5)8(15)13-9-12-4-7(18-9)14(16)17/h1-4H,(H,12,13,15). The van der Waals surface area contributed by atoms with Gasteiger partial charge in [-0.25, -0.2) is 9.97 Å². The number of aromatic nitrogens is 2. The van der Waals surface area contributed by atoms with E-state index in [0.29, 0.717) is 0 Å². The molecular formula is C9H5BrN4O3S. The van der Waals surface area contributed by atoms with Crippen LogP contribution >= 0.6 is 27.3 Å². The van der Waals surface area contributed by atoms with Crippen LogP contribution in [0.2, 0.25) is 0 Å². The lowest BCUT2D eigenvalue weighted by Gasteiger charge is -1.99. The summed E-state index contributed by atoms with van der Waals surface area (Å²) in [7, 11) is 0. The van der Waals surface area contributed by atoms with Gasteiger partial charge in [-0.15, -0.1) is 0 Å². The van der Waals surface area contributed by atoms with E-state index in [1.807, 2.05) is 0 Å². The van der Waals surface area contributed by atoms with Gasteiger partial charge in [-0.1, -0.05) is 0 Å². The van der Waals surface area contributed by atoms with Crippen molar-refractivity contribution in [1.82, 2.24) is 9.97 Å². The van der Waals surface area contributed by atoms with E-state index in [0.717, 1.165) is 22.0 Å². The molecule has 0 saturated carbocycles. The Hall–Kier alpha value is -1.87. The Balaban J connectivity index is 2.11. The van der Waals surface area contributed by atoms with Crippen molar-refractivity contribution < 1.29 is 9.72 Å². The van der Waals surface area contributed by atoms with E-state index in [9.17, 15) is 14.9 Å². The van der Waals surface area contributed by atoms with Gasteiger partial charge in [-0.05, 0) is 39.4 Å². The number of nitro groups is 1. The van der Waals surface area contributed by atoms with Gasteiger partial charge in [0.1, 0.15) is 11.9 Å². The first-order valence-electron chi connectivity index (χ1n) is 4.59. The molecule has 0 radical (unpaired) electrons. The molecule has 1 N–H and O–H groups in total. The molecule has 2 aromatic rings. The number of hydrogen-bond acceptors (Lipinski definition) is 6. The second-order valence-electron chi connectivity index (χ2n) is 3.08.